The number of aryl methyl sites for hydroxylation is 2. The highest BCUT2D eigenvalue weighted by Gasteiger charge is 2.30. The normalized spacial score (nSPS) is 11.6. The number of benzene rings is 3. The van der Waals surface area contributed by atoms with Gasteiger partial charge in [0.05, 0.1) is 0 Å². The molecule has 0 heterocycles. The van der Waals surface area contributed by atoms with E-state index in [0.29, 0.717) is 25.3 Å². The maximum Gasteiger partial charge on any atom is 0.261 e. The van der Waals surface area contributed by atoms with E-state index in [0.717, 1.165) is 39.6 Å². The summed E-state index contributed by atoms with van der Waals surface area (Å²) < 4.78 is 6.81. The molecule has 3 aromatic rings. The number of carbonyl (C=O) groups is 2. The Kier molecular flexibility index (Phi) is 10.6. The second-order valence-corrected chi connectivity index (χ2v) is 9.95. The molecule has 0 radical (unpaired) electrons. The molecule has 3 aromatic carbocycles. The topological polar surface area (TPSA) is 58.6 Å². The number of hydrogen-bond donors (Lipinski definition) is 1. The van der Waals surface area contributed by atoms with Crippen LogP contribution in [0.25, 0.3) is 0 Å². The van der Waals surface area contributed by atoms with Crippen molar-refractivity contribution in [1.82, 2.24) is 10.2 Å². The van der Waals surface area contributed by atoms with Gasteiger partial charge in [-0.05, 0) is 66.8 Å². The second kappa shape index (κ2) is 13.8. The van der Waals surface area contributed by atoms with Crippen LogP contribution in [0, 0.1) is 13.8 Å². The molecular weight excluding hydrogens is 516 g/mol. The van der Waals surface area contributed by atoms with Gasteiger partial charge in [-0.3, -0.25) is 9.59 Å². The molecule has 0 unspecified atom stereocenters. The number of hydrogen-bond acceptors (Lipinski definition) is 3. The Hall–Kier alpha value is -3.12. The van der Waals surface area contributed by atoms with E-state index in [9.17, 15) is 9.59 Å². The molecular formula is C30H35BrN2O3. The Morgan fingerprint density at radius 3 is 2.39 bits per heavy atom. The first-order chi connectivity index (χ1) is 17.4. The molecule has 0 aliphatic heterocycles. The highest BCUT2D eigenvalue weighted by atomic mass is 79.9. The number of nitrogens with zero attached hydrogens (tertiary/aromatic N) is 1. The summed E-state index contributed by atoms with van der Waals surface area (Å²) in [6, 6.07) is 22.7. The summed E-state index contributed by atoms with van der Waals surface area (Å²) >= 11 is 3.52. The van der Waals surface area contributed by atoms with Gasteiger partial charge in [0.25, 0.3) is 5.91 Å². The summed E-state index contributed by atoms with van der Waals surface area (Å²) in [5, 5.41) is 3.04. The molecule has 2 amide bonds. The van der Waals surface area contributed by atoms with E-state index in [1.807, 2.05) is 86.6 Å². The van der Waals surface area contributed by atoms with Crippen LogP contribution in [0.4, 0.5) is 0 Å². The molecule has 3 rings (SSSR count). The van der Waals surface area contributed by atoms with Gasteiger partial charge in [0.15, 0.2) is 6.61 Å². The zero-order chi connectivity index (χ0) is 25.9. The summed E-state index contributed by atoms with van der Waals surface area (Å²) in [4.78, 5) is 28.7. The molecule has 0 saturated carbocycles. The summed E-state index contributed by atoms with van der Waals surface area (Å²) in [7, 11) is 0. The first kappa shape index (κ1) is 27.5. The average molecular weight is 552 g/mol. The van der Waals surface area contributed by atoms with E-state index >= 15 is 0 Å². The minimum Gasteiger partial charge on any atom is -0.484 e. The average Bonchev–Trinajstić information content (AvgIpc) is 2.87. The molecule has 6 heteroatoms. The van der Waals surface area contributed by atoms with Gasteiger partial charge in [0.1, 0.15) is 11.8 Å². The minimum absolute atomic E-state index is 0.149. The van der Waals surface area contributed by atoms with Crippen LogP contribution in [-0.2, 0) is 22.6 Å². The zero-order valence-electron chi connectivity index (χ0n) is 21.3. The van der Waals surface area contributed by atoms with Gasteiger partial charge in [0.2, 0.25) is 5.91 Å². The molecule has 1 atom stereocenters. The van der Waals surface area contributed by atoms with E-state index in [1.165, 1.54) is 0 Å². The molecule has 0 aromatic heterocycles. The van der Waals surface area contributed by atoms with Crippen LogP contribution < -0.4 is 10.1 Å². The monoisotopic (exact) mass is 550 g/mol. The van der Waals surface area contributed by atoms with E-state index < -0.39 is 6.04 Å². The predicted octanol–water partition coefficient (Wildman–Crippen LogP) is 6.00. The van der Waals surface area contributed by atoms with E-state index in [2.05, 4.69) is 28.2 Å². The summed E-state index contributed by atoms with van der Waals surface area (Å²) in [5.74, 6) is 0.252. The second-order valence-electron chi connectivity index (χ2n) is 9.04. The van der Waals surface area contributed by atoms with Crippen molar-refractivity contribution in [3.8, 4) is 5.75 Å². The zero-order valence-corrected chi connectivity index (χ0v) is 22.9. The number of rotatable bonds is 12. The Morgan fingerprint density at radius 2 is 1.69 bits per heavy atom. The van der Waals surface area contributed by atoms with Crippen LogP contribution in [0.5, 0.6) is 5.75 Å². The van der Waals surface area contributed by atoms with Crippen LogP contribution in [0.2, 0.25) is 0 Å². The quantitative estimate of drug-likeness (QED) is 0.281. The standard InChI is InChI=1S/C30H35BrN2O3/c1-4-5-16-32-30(35)28(19-24-10-7-6-8-11-24)33(20-25-12-9-13-26(31)18-25)29(34)21-36-27-15-14-22(2)23(3)17-27/h6-15,17-18,28H,4-5,16,19-21H2,1-3H3,(H,32,35)/t28-/m1/s1. The smallest absolute Gasteiger partial charge is 0.261 e. The Morgan fingerprint density at radius 1 is 0.944 bits per heavy atom. The fourth-order valence-corrected chi connectivity index (χ4v) is 4.37. The molecule has 0 bridgehead atoms. The lowest BCUT2D eigenvalue weighted by Gasteiger charge is -2.31. The summed E-state index contributed by atoms with van der Waals surface area (Å²) in [6.07, 6.45) is 2.29. The lowest BCUT2D eigenvalue weighted by Crippen LogP contribution is -2.51. The molecule has 0 fully saturated rings. The number of nitrogens with one attached hydrogen (secondary N) is 1. The third kappa shape index (κ3) is 8.23. The van der Waals surface area contributed by atoms with Crippen molar-refractivity contribution < 1.29 is 14.3 Å². The molecule has 0 aliphatic carbocycles. The maximum absolute atomic E-state index is 13.6. The number of ether oxygens (including phenoxy) is 1. The van der Waals surface area contributed by atoms with E-state index in [1.54, 1.807) is 4.90 Å². The molecule has 0 saturated heterocycles. The van der Waals surface area contributed by atoms with Crippen molar-refractivity contribution in [2.24, 2.45) is 0 Å². The summed E-state index contributed by atoms with van der Waals surface area (Å²) in [6.45, 7) is 6.87. The van der Waals surface area contributed by atoms with Crippen LogP contribution >= 0.6 is 15.9 Å². The number of unbranched alkanes of at least 4 members (excludes halogenated alkanes) is 1. The van der Waals surface area contributed by atoms with E-state index in [4.69, 9.17) is 4.74 Å². The lowest BCUT2D eigenvalue weighted by molar-refractivity contribution is -0.142. The van der Waals surface area contributed by atoms with Crippen molar-refractivity contribution in [1.29, 1.82) is 0 Å². The molecule has 1 N–H and O–H groups in total. The van der Waals surface area contributed by atoms with Gasteiger partial charge >= 0.3 is 0 Å². The van der Waals surface area contributed by atoms with Gasteiger partial charge in [0, 0.05) is 24.0 Å². The van der Waals surface area contributed by atoms with Gasteiger partial charge in [-0.15, -0.1) is 0 Å². The van der Waals surface area contributed by atoms with Crippen molar-refractivity contribution in [3.63, 3.8) is 0 Å². The van der Waals surface area contributed by atoms with E-state index in [-0.39, 0.29) is 18.4 Å². The van der Waals surface area contributed by atoms with Crippen molar-refractivity contribution >= 4 is 27.7 Å². The number of halogens is 1. The molecule has 190 valence electrons. The van der Waals surface area contributed by atoms with Crippen LogP contribution in [0.1, 0.15) is 42.0 Å². The minimum atomic E-state index is -0.668. The maximum atomic E-state index is 13.6. The molecule has 5 nitrogen and oxygen atoms in total. The third-order valence-corrected chi connectivity index (χ3v) is 6.68. The fourth-order valence-electron chi connectivity index (χ4n) is 3.92. The third-order valence-electron chi connectivity index (χ3n) is 6.18. The Labute approximate surface area is 223 Å². The molecule has 0 aliphatic rings. The SMILES string of the molecule is CCCCNC(=O)[C@@H](Cc1ccccc1)N(Cc1cccc(Br)c1)C(=O)COc1ccc(C)c(C)c1. The first-order valence-electron chi connectivity index (χ1n) is 12.4. The first-order valence-corrected chi connectivity index (χ1v) is 13.2. The number of carbonyl (C=O) groups excluding carboxylic acids is 2. The van der Waals surface area contributed by atoms with Gasteiger partial charge in [-0.1, -0.05) is 77.8 Å². The van der Waals surface area contributed by atoms with Crippen LogP contribution in [0.15, 0.2) is 77.3 Å². The van der Waals surface area contributed by atoms with Gasteiger partial charge in [-0.25, -0.2) is 0 Å². The highest BCUT2D eigenvalue weighted by Crippen LogP contribution is 2.20. The van der Waals surface area contributed by atoms with Gasteiger partial charge in [-0.2, -0.15) is 0 Å². The van der Waals surface area contributed by atoms with Crippen molar-refractivity contribution in [3.05, 3.63) is 99.5 Å². The van der Waals surface area contributed by atoms with Crippen LogP contribution in [-0.4, -0.2) is 35.9 Å². The van der Waals surface area contributed by atoms with Crippen molar-refractivity contribution in [2.45, 2.75) is 52.6 Å². The molecule has 0 spiro atoms. The number of amides is 2. The van der Waals surface area contributed by atoms with Crippen LogP contribution in [0.3, 0.4) is 0 Å². The largest absolute Gasteiger partial charge is 0.484 e. The molecule has 36 heavy (non-hydrogen) atoms. The Bertz CT molecular complexity index is 1150. The predicted molar refractivity (Wildman–Crippen MR) is 148 cm³/mol. The van der Waals surface area contributed by atoms with Gasteiger partial charge < -0.3 is 15.0 Å². The Balaban J connectivity index is 1.89. The highest BCUT2D eigenvalue weighted by molar-refractivity contribution is 9.10. The van der Waals surface area contributed by atoms with Crippen molar-refractivity contribution in [2.75, 3.05) is 13.2 Å². The fraction of sp³-hybridized carbons (Fsp3) is 0.333. The lowest BCUT2D eigenvalue weighted by atomic mass is 10.0. The summed E-state index contributed by atoms with van der Waals surface area (Å²) in [5.41, 5.74) is 4.19.